The maximum atomic E-state index is 12.9. The molecule has 6 heteroatoms. The summed E-state index contributed by atoms with van der Waals surface area (Å²) in [4.78, 5) is 14.6. The molecule has 0 saturated carbocycles. The van der Waals surface area contributed by atoms with Gasteiger partial charge in [0.15, 0.2) is 0 Å². The first-order chi connectivity index (χ1) is 12.7. The van der Waals surface area contributed by atoms with Crippen molar-refractivity contribution in [3.63, 3.8) is 0 Å². The third-order valence-electron chi connectivity index (χ3n) is 4.65. The number of rotatable bonds is 7. The fraction of sp³-hybridized carbons (Fsp3) is 0.381. The molecule has 0 unspecified atom stereocenters. The Labute approximate surface area is 162 Å². The lowest BCUT2D eigenvalue weighted by molar-refractivity contribution is 0.0785. The Morgan fingerprint density at radius 1 is 0.963 bits per heavy atom. The molecule has 0 atom stereocenters. The minimum atomic E-state index is -3.61. The molecule has 0 aliphatic heterocycles. The lowest BCUT2D eigenvalue weighted by Crippen LogP contribution is -2.31. The molecule has 0 aromatic heterocycles. The SMILES string of the molecule is CCN(CC)S(=O)(=O)c1cc(C(=O)N(C)Cc2ccc(C)cc2)ccc1C. The molecule has 0 bridgehead atoms. The van der Waals surface area contributed by atoms with E-state index in [2.05, 4.69) is 0 Å². The van der Waals surface area contributed by atoms with E-state index in [4.69, 9.17) is 0 Å². The number of benzene rings is 2. The molecule has 0 spiro atoms. The maximum Gasteiger partial charge on any atom is 0.253 e. The van der Waals surface area contributed by atoms with E-state index in [0.29, 0.717) is 30.8 Å². The zero-order valence-electron chi connectivity index (χ0n) is 16.7. The van der Waals surface area contributed by atoms with Crippen LogP contribution in [0.25, 0.3) is 0 Å². The Balaban J connectivity index is 2.30. The van der Waals surface area contributed by atoms with Gasteiger partial charge in [0, 0.05) is 32.2 Å². The Bertz CT molecular complexity index is 902. The van der Waals surface area contributed by atoms with Crippen molar-refractivity contribution in [3.05, 3.63) is 64.7 Å². The molecule has 0 aliphatic carbocycles. The van der Waals surface area contributed by atoms with Gasteiger partial charge in [-0.05, 0) is 37.1 Å². The van der Waals surface area contributed by atoms with Crippen molar-refractivity contribution in [3.8, 4) is 0 Å². The van der Waals surface area contributed by atoms with Gasteiger partial charge in [0.2, 0.25) is 10.0 Å². The molecule has 0 N–H and O–H groups in total. The second kappa shape index (κ2) is 8.67. The summed E-state index contributed by atoms with van der Waals surface area (Å²) in [5.74, 6) is -0.202. The van der Waals surface area contributed by atoms with Crippen LogP contribution in [-0.2, 0) is 16.6 Å². The van der Waals surface area contributed by atoms with E-state index in [-0.39, 0.29) is 10.8 Å². The predicted molar refractivity (Wildman–Crippen MR) is 108 cm³/mol. The molecule has 5 nitrogen and oxygen atoms in total. The van der Waals surface area contributed by atoms with Gasteiger partial charge in [-0.15, -0.1) is 0 Å². The minimum Gasteiger partial charge on any atom is -0.337 e. The van der Waals surface area contributed by atoms with Crippen molar-refractivity contribution in [2.24, 2.45) is 0 Å². The normalized spacial score (nSPS) is 11.6. The fourth-order valence-electron chi connectivity index (χ4n) is 2.97. The fourth-order valence-corrected chi connectivity index (χ4v) is 4.68. The molecule has 0 fully saturated rings. The van der Waals surface area contributed by atoms with E-state index in [1.807, 2.05) is 31.2 Å². The molecule has 27 heavy (non-hydrogen) atoms. The summed E-state index contributed by atoms with van der Waals surface area (Å²) < 4.78 is 27.2. The smallest absolute Gasteiger partial charge is 0.253 e. The lowest BCUT2D eigenvalue weighted by Gasteiger charge is -2.21. The predicted octanol–water partition coefficient (Wildman–Crippen LogP) is 3.61. The van der Waals surface area contributed by atoms with Crippen molar-refractivity contribution in [1.82, 2.24) is 9.21 Å². The van der Waals surface area contributed by atoms with Gasteiger partial charge >= 0.3 is 0 Å². The second-order valence-electron chi connectivity index (χ2n) is 6.72. The summed E-state index contributed by atoms with van der Waals surface area (Å²) >= 11 is 0. The Morgan fingerprint density at radius 3 is 2.11 bits per heavy atom. The van der Waals surface area contributed by atoms with Crippen molar-refractivity contribution in [2.45, 2.75) is 39.1 Å². The Hall–Kier alpha value is -2.18. The van der Waals surface area contributed by atoms with Crippen molar-refractivity contribution in [2.75, 3.05) is 20.1 Å². The number of sulfonamides is 1. The molecule has 2 rings (SSSR count). The molecule has 0 radical (unpaired) electrons. The lowest BCUT2D eigenvalue weighted by atomic mass is 10.1. The van der Waals surface area contributed by atoms with Gasteiger partial charge in [0.25, 0.3) is 5.91 Å². The van der Waals surface area contributed by atoms with Crippen LogP contribution in [0.4, 0.5) is 0 Å². The highest BCUT2D eigenvalue weighted by molar-refractivity contribution is 7.89. The highest BCUT2D eigenvalue weighted by Gasteiger charge is 2.25. The molecule has 0 aliphatic rings. The van der Waals surface area contributed by atoms with Crippen LogP contribution in [0, 0.1) is 13.8 Å². The third kappa shape index (κ3) is 4.76. The first-order valence-corrected chi connectivity index (χ1v) is 10.6. The average molecular weight is 389 g/mol. The van der Waals surface area contributed by atoms with E-state index in [9.17, 15) is 13.2 Å². The van der Waals surface area contributed by atoms with Gasteiger partial charge in [-0.3, -0.25) is 4.79 Å². The first kappa shape index (κ1) is 21.1. The average Bonchev–Trinajstić information content (AvgIpc) is 2.64. The highest BCUT2D eigenvalue weighted by Crippen LogP contribution is 2.22. The van der Waals surface area contributed by atoms with E-state index < -0.39 is 10.0 Å². The van der Waals surface area contributed by atoms with Gasteiger partial charge < -0.3 is 4.90 Å². The van der Waals surface area contributed by atoms with Gasteiger partial charge in [-0.2, -0.15) is 4.31 Å². The number of carbonyl (C=O) groups excluding carboxylic acids is 1. The van der Waals surface area contributed by atoms with Crippen LogP contribution in [0.2, 0.25) is 0 Å². The molecule has 1 amide bonds. The maximum absolute atomic E-state index is 12.9. The van der Waals surface area contributed by atoms with Crippen molar-refractivity contribution >= 4 is 15.9 Å². The molecule has 2 aromatic rings. The molecule has 2 aromatic carbocycles. The van der Waals surface area contributed by atoms with Crippen LogP contribution in [0.5, 0.6) is 0 Å². The summed E-state index contributed by atoms with van der Waals surface area (Å²) in [6.07, 6.45) is 0. The molecule has 0 heterocycles. The van der Waals surface area contributed by atoms with Crippen LogP contribution in [-0.4, -0.2) is 43.7 Å². The number of amides is 1. The number of carbonyl (C=O) groups is 1. The Kier molecular flexibility index (Phi) is 6.78. The highest BCUT2D eigenvalue weighted by atomic mass is 32.2. The van der Waals surface area contributed by atoms with Crippen LogP contribution >= 0.6 is 0 Å². The van der Waals surface area contributed by atoms with Gasteiger partial charge in [-0.25, -0.2) is 8.42 Å². The van der Waals surface area contributed by atoms with Crippen LogP contribution < -0.4 is 0 Å². The van der Waals surface area contributed by atoms with Crippen LogP contribution in [0.15, 0.2) is 47.4 Å². The largest absolute Gasteiger partial charge is 0.337 e. The quantitative estimate of drug-likeness (QED) is 0.728. The minimum absolute atomic E-state index is 0.195. The van der Waals surface area contributed by atoms with Gasteiger partial charge in [0.1, 0.15) is 0 Å². The summed E-state index contributed by atoms with van der Waals surface area (Å²) in [6, 6.07) is 12.9. The molecular weight excluding hydrogens is 360 g/mol. The van der Waals surface area contributed by atoms with E-state index in [0.717, 1.165) is 11.1 Å². The number of aryl methyl sites for hydroxylation is 2. The number of hydrogen-bond donors (Lipinski definition) is 0. The van der Waals surface area contributed by atoms with Gasteiger partial charge in [-0.1, -0.05) is 49.7 Å². The summed E-state index contributed by atoms with van der Waals surface area (Å²) in [6.45, 7) is 8.63. The molecule has 146 valence electrons. The molecule has 0 saturated heterocycles. The molecular formula is C21H28N2O3S. The summed E-state index contributed by atoms with van der Waals surface area (Å²) in [7, 11) is -1.89. The second-order valence-corrected chi connectivity index (χ2v) is 8.62. The summed E-state index contributed by atoms with van der Waals surface area (Å²) in [5, 5.41) is 0. The number of nitrogens with zero attached hydrogens (tertiary/aromatic N) is 2. The standard InChI is InChI=1S/C21H28N2O3S/c1-6-23(7-2)27(25,26)20-14-19(13-10-17(20)4)21(24)22(5)15-18-11-8-16(3)9-12-18/h8-14H,6-7,15H2,1-5H3. The zero-order chi connectivity index (χ0) is 20.2. The van der Waals surface area contributed by atoms with Crippen molar-refractivity contribution in [1.29, 1.82) is 0 Å². The van der Waals surface area contributed by atoms with E-state index in [1.165, 1.54) is 10.4 Å². The third-order valence-corrected chi connectivity index (χ3v) is 6.84. The van der Waals surface area contributed by atoms with E-state index >= 15 is 0 Å². The van der Waals surface area contributed by atoms with Crippen LogP contribution in [0.1, 0.15) is 40.9 Å². The van der Waals surface area contributed by atoms with Crippen LogP contribution in [0.3, 0.4) is 0 Å². The first-order valence-electron chi connectivity index (χ1n) is 9.12. The van der Waals surface area contributed by atoms with Gasteiger partial charge in [0.05, 0.1) is 4.90 Å². The Morgan fingerprint density at radius 2 is 1.56 bits per heavy atom. The summed E-state index contributed by atoms with van der Waals surface area (Å²) in [5.41, 5.74) is 3.21. The monoisotopic (exact) mass is 388 g/mol. The number of hydrogen-bond acceptors (Lipinski definition) is 3. The van der Waals surface area contributed by atoms with Crippen molar-refractivity contribution < 1.29 is 13.2 Å². The topological polar surface area (TPSA) is 57.7 Å². The van der Waals surface area contributed by atoms with E-state index in [1.54, 1.807) is 44.9 Å². The zero-order valence-corrected chi connectivity index (χ0v) is 17.5.